The van der Waals surface area contributed by atoms with Crippen LogP contribution in [-0.4, -0.2) is 54.6 Å². The quantitative estimate of drug-likeness (QED) is 0.230. The molecule has 9 nitrogen and oxygen atoms in total. The number of aliphatic hydroxyl groups is 1. The Bertz CT molecular complexity index is 1610. The Hall–Kier alpha value is -4.05. The topological polar surface area (TPSA) is 119 Å². The summed E-state index contributed by atoms with van der Waals surface area (Å²) in [6.07, 6.45) is 7.49. The molecule has 4 aromatic heterocycles. The monoisotopic (exact) mass is 514 g/mol. The van der Waals surface area contributed by atoms with E-state index in [1.807, 2.05) is 32.9 Å². The molecule has 0 spiro atoms. The third-order valence-corrected chi connectivity index (χ3v) is 7.09. The summed E-state index contributed by atoms with van der Waals surface area (Å²) in [6, 6.07) is 7.82. The van der Waals surface area contributed by atoms with Crippen molar-refractivity contribution in [1.29, 1.82) is 0 Å². The minimum absolute atomic E-state index is 0.145. The van der Waals surface area contributed by atoms with Gasteiger partial charge in [-0.05, 0) is 37.5 Å². The minimum Gasteiger partial charge on any atom is -0.373 e. The maximum atomic E-state index is 16.1. The van der Waals surface area contributed by atoms with Gasteiger partial charge in [0.15, 0.2) is 11.6 Å². The number of nitrogens with one attached hydrogen (secondary N) is 3. The second kappa shape index (κ2) is 9.36. The van der Waals surface area contributed by atoms with E-state index in [1.54, 1.807) is 24.7 Å². The number of aliphatic hydroxyl groups excluding tert-OH is 1. The molecule has 1 aliphatic heterocycles. The van der Waals surface area contributed by atoms with E-state index >= 15 is 4.39 Å². The first-order valence-electron chi connectivity index (χ1n) is 13.0. The third kappa shape index (κ3) is 4.34. The van der Waals surface area contributed by atoms with E-state index < -0.39 is 12.0 Å². The van der Waals surface area contributed by atoms with Crippen LogP contribution in [0.4, 0.5) is 15.8 Å². The average Bonchev–Trinajstić information content (AvgIpc) is 3.54. The Morgan fingerprint density at radius 3 is 2.66 bits per heavy atom. The van der Waals surface area contributed by atoms with Crippen LogP contribution >= 0.6 is 0 Å². The van der Waals surface area contributed by atoms with Crippen LogP contribution < -0.4 is 10.2 Å². The molecular formula is C28H31FN8O. The van der Waals surface area contributed by atoms with E-state index in [1.165, 1.54) is 19.3 Å². The lowest BCUT2D eigenvalue weighted by Gasteiger charge is -2.28. The van der Waals surface area contributed by atoms with Crippen LogP contribution in [0, 0.1) is 11.2 Å². The van der Waals surface area contributed by atoms with Gasteiger partial charge in [0, 0.05) is 30.3 Å². The Morgan fingerprint density at radius 2 is 1.87 bits per heavy atom. The summed E-state index contributed by atoms with van der Waals surface area (Å²) in [5.74, 6) is -0.0214. The van der Waals surface area contributed by atoms with Crippen molar-refractivity contribution in [3.8, 4) is 22.8 Å². The standard InChI is InChI=1S/C28H31FN8O/c1-28(2,3)27(38)32-17-12-16(13-30-14-17)23-22(29)21-19(15-31-23)35-36-25(21)26-33-18-8-7-9-20(24(18)34-26)37-10-5-4-6-11-37/h7-9,12-15,27,32,38H,4-6,10-11H2,1-3H3,(H,33,34)(H,35,36). The predicted molar refractivity (Wildman–Crippen MR) is 147 cm³/mol. The van der Waals surface area contributed by atoms with Crippen LogP contribution in [0.3, 0.4) is 0 Å². The first-order valence-corrected chi connectivity index (χ1v) is 13.0. The number of aromatic amines is 2. The van der Waals surface area contributed by atoms with Crippen molar-refractivity contribution in [3.05, 3.63) is 48.7 Å². The van der Waals surface area contributed by atoms with Crippen molar-refractivity contribution in [1.82, 2.24) is 30.1 Å². The molecular weight excluding hydrogens is 483 g/mol. The number of hydrogen-bond donors (Lipinski definition) is 4. The van der Waals surface area contributed by atoms with E-state index in [-0.39, 0.29) is 11.1 Å². The van der Waals surface area contributed by atoms with Crippen molar-refractivity contribution in [2.45, 2.75) is 46.3 Å². The number of rotatable bonds is 5. The molecule has 38 heavy (non-hydrogen) atoms. The van der Waals surface area contributed by atoms with E-state index in [9.17, 15) is 5.11 Å². The number of anilines is 2. The van der Waals surface area contributed by atoms with E-state index in [0.717, 1.165) is 29.8 Å². The second-order valence-corrected chi connectivity index (χ2v) is 11.0. The van der Waals surface area contributed by atoms with Crippen LogP contribution in [-0.2, 0) is 0 Å². The summed E-state index contributed by atoms with van der Waals surface area (Å²) in [7, 11) is 0. The van der Waals surface area contributed by atoms with Crippen LogP contribution in [0.25, 0.3) is 44.7 Å². The summed E-state index contributed by atoms with van der Waals surface area (Å²) in [6.45, 7) is 7.78. The lowest BCUT2D eigenvalue weighted by Crippen LogP contribution is -2.33. The zero-order valence-corrected chi connectivity index (χ0v) is 21.7. The van der Waals surface area contributed by atoms with Gasteiger partial charge in [-0.2, -0.15) is 5.10 Å². The van der Waals surface area contributed by atoms with Gasteiger partial charge in [-0.1, -0.05) is 26.8 Å². The molecule has 1 unspecified atom stereocenters. The molecule has 0 saturated carbocycles. The van der Waals surface area contributed by atoms with Crippen molar-refractivity contribution >= 4 is 33.3 Å². The highest BCUT2D eigenvalue weighted by atomic mass is 19.1. The number of para-hydroxylation sites is 1. The molecule has 1 aromatic carbocycles. The summed E-state index contributed by atoms with van der Waals surface area (Å²) < 4.78 is 16.1. The van der Waals surface area contributed by atoms with Gasteiger partial charge in [-0.3, -0.25) is 15.1 Å². The van der Waals surface area contributed by atoms with Gasteiger partial charge >= 0.3 is 0 Å². The summed E-state index contributed by atoms with van der Waals surface area (Å²) in [5, 5.41) is 21.1. The number of aromatic nitrogens is 6. The average molecular weight is 515 g/mol. The molecule has 5 aromatic rings. The number of nitrogens with zero attached hydrogens (tertiary/aromatic N) is 5. The first-order chi connectivity index (χ1) is 18.3. The zero-order valence-electron chi connectivity index (χ0n) is 21.7. The van der Waals surface area contributed by atoms with Gasteiger partial charge in [0.05, 0.1) is 40.2 Å². The van der Waals surface area contributed by atoms with Gasteiger partial charge in [0.1, 0.15) is 23.1 Å². The lowest BCUT2D eigenvalue weighted by atomic mass is 9.94. The molecule has 5 heterocycles. The summed E-state index contributed by atoms with van der Waals surface area (Å²) >= 11 is 0. The van der Waals surface area contributed by atoms with Crippen molar-refractivity contribution in [2.75, 3.05) is 23.3 Å². The molecule has 1 atom stereocenters. The summed E-state index contributed by atoms with van der Waals surface area (Å²) in [4.78, 5) is 19.2. The highest BCUT2D eigenvalue weighted by Crippen LogP contribution is 2.35. The zero-order chi connectivity index (χ0) is 26.4. The third-order valence-electron chi connectivity index (χ3n) is 7.09. The van der Waals surface area contributed by atoms with Crippen molar-refractivity contribution in [3.63, 3.8) is 0 Å². The molecule has 6 rings (SSSR count). The molecule has 1 fully saturated rings. The number of benzene rings is 1. The van der Waals surface area contributed by atoms with E-state index in [0.29, 0.717) is 33.7 Å². The molecule has 0 amide bonds. The normalized spacial score (nSPS) is 15.3. The van der Waals surface area contributed by atoms with E-state index in [4.69, 9.17) is 4.98 Å². The lowest BCUT2D eigenvalue weighted by molar-refractivity contribution is 0.0880. The maximum absolute atomic E-state index is 16.1. The Balaban J connectivity index is 1.40. The van der Waals surface area contributed by atoms with Gasteiger partial charge in [-0.15, -0.1) is 0 Å². The van der Waals surface area contributed by atoms with Crippen LogP contribution in [0.5, 0.6) is 0 Å². The number of piperidine rings is 1. The predicted octanol–water partition coefficient (Wildman–Crippen LogP) is 5.47. The Morgan fingerprint density at radius 1 is 1.05 bits per heavy atom. The molecule has 0 radical (unpaired) electrons. The molecule has 1 aliphatic rings. The molecule has 4 N–H and O–H groups in total. The van der Waals surface area contributed by atoms with Gasteiger partial charge in [0.25, 0.3) is 0 Å². The molecule has 10 heteroatoms. The van der Waals surface area contributed by atoms with Gasteiger partial charge < -0.3 is 20.3 Å². The summed E-state index contributed by atoms with van der Waals surface area (Å²) in [5.41, 5.74) is 4.51. The number of H-pyrrole nitrogens is 2. The molecule has 0 bridgehead atoms. The van der Waals surface area contributed by atoms with Crippen molar-refractivity contribution in [2.24, 2.45) is 5.41 Å². The largest absolute Gasteiger partial charge is 0.373 e. The SMILES string of the molecule is CC(C)(C)C(O)Nc1cncc(-c2ncc3[nH]nc(-c4nc5c(N6CCCCC6)cccc5[nH]4)c3c2F)c1. The molecule has 1 saturated heterocycles. The highest BCUT2D eigenvalue weighted by molar-refractivity contribution is 5.97. The smallest absolute Gasteiger partial charge is 0.161 e. The molecule has 0 aliphatic carbocycles. The fourth-order valence-corrected chi connectivity index (χ4v) is 4.89. The fraction of sp³-hybridized carbons (Fsp3) is 0.357. The Kier molecular flexibility index (Phi) is 5.98. The first kappa shape index (κ1) is 24.3. The van der Waals surface area contributed by atoms with Crippen molar-refractivity contribution < 1.29 is 9.50 Å². The van der Waals surface area contributed by atoms with Gasteiger partial charge in [0.2, 0.25) is 0 Å². The number of fused-ring (bicyclic) bond motifs is 2. The maximum Gasteiger partial charge on any atom is 0.161 e. The molecule has 196 valence electrons. The van der Waals surface area contributed by atoms with Crippen LogP contribution in [0.1, 0.15) is 40.0 Å². The van der Waals surface area contributed by atoms with Crippen LogP contribution in [0.2, 0.25) is 0 Å². The number of imidazole rings is 1. The van der Waals surface area contributed by atoms with Gasteiger partial charge in [-0.25, -0.2) is 9.37 Å². The number of halogens is 1. The van der Waals surface area contributed by atoms with Crippen LogP contribution in [0.15, 0.2) is 42.9 Å². The number of hydrogen-bond acceptors (Lipinski definition) is 7. The Labute approximate surface area is 219 Å². The minimum atomic E-state index is -0.803. The fourth-order valence-electron chi connectivity index (χ4n) is 4.89. The second-order valence-electron chi connectivity index (χ2n) is 11.0. The highest BCUT2D eigenvalue weighted by Gasteiger charge is 2.24. The number of pyridine rings is 2. The van der Waals surface area contributed by atoms with E-state index in [2.05, 4.69) is 41.4 Å².